The lowest BCUT2D eigenvalue weighted by Crippen LogP contribution is -2.42. The molecule has 5 rings (SSSR count). The maximum absolute atomic E-state index is 13.4. The van der Waals surface area contributed by atoms with E-state index in [1.807, 2.05) is 85.8 Å². The van der Waals surface area contributed by atoms with Gasteiger partial charge in [0.05, 0.1) is 17.5 Å². The highest BCUT2D eigenvalue weighted by Crippen LogP contribution is 2.39. The lowest BCUT2D eigenvalue weighted by Gasteiger charge is -2.37. The van der Waals surface area contributed by atoms with Gasteiger partial charge in [-0.05, 0) is 42.3 Å². The van der Waals surface area contributed by atoms with Crippen molar-refractivity contribution in [3.63, 3.8) is 0 Å². The summed E-state index contributed by atoms with van der Waals surface area (Å²) in [5, 5.41) is 8.42. The van der Waals surface area contributed by atoms with Crippen LogP contribution in [-0.4, -0.2) is 28.5 Å². The Morgan fingerprint density at radius 2 is 1.88 bits per heavy atom. The molecule has 1 aromatic heterocycles. The minimum absolute atomic E-state index is 0.0645. The Hall–Kier alpha value is -3.78. The van der Waals surface area contributed by atoms with Gasteiger partial charge in [-0.3, -0.25) is 9.69 Å². The number of anilines is 1. The van der Waals surface area contributed by atoms with Crippen molar-refractivity contribution in [3.05, 3.63) is 95.9 Å². The van der Waals surface area contributed by atoms with E-state index in [-0.39, 0.29) is 24.3 Å². The fraction of sp³-hybridized carbons (Fsp3) is 0.192. The normalized spacial score (nSPS) is 14.9. The summed E-state index contributed by atoms with van der Waals surface area (Å²) in [6, 6.07) is 25.0. The van der Waals surface area contributed by atoms with Gasteiger partial charge in [-0.1, -0.05) is 66.4 Å². The van der Waals surface area contributed by atoms with Gasteiger partial charge in [0.1, 0.15) is 18.1 Å². The second-order valence-corrected chi connectivity index (χ2v) is 8.75. The number of ether oxygens (including phenoxy) is 2. The van der Waals surface area contributed by atoms with Crippen LogP contribution < -0.4 is 14.4 Å². The summed E-state index contributed by atoms with van der Waals surface area (Å²) in [5.41, 5.74) is 2.88. The van der Waals surface area contributed by atoms with E-state index in [1.165, 1.54) is 11.8 Å². The molecule has 1 aliphatic heterocycles. The molecule has 8 heteroatoms. The molecule has 7 nitrogen and oxygen atoms in total. The van der Waals surface area contributed by atoms with Gasteiger partial charge in [-0.2, -0.15) is 0 Å². The molecule has 1 unspecified atom stereocenters. The molecule has 4 aromatic rings. The van der Waals surface area contributed by atoms with Crippen molar-refractivity contribution in [1.29, 1.82) is 0 Å². The number of carbonyl (C=O) groups excluding carboxylic acids is 1. The van der Waals surface area contributed by atoms with Gasteiger partial charge < -0.3 is 13.9 Å². The van der Waals surface area contributed by atoms with E-state index in [2.05, 4.69) is 10.2 Å². The van der Waals surface area contributed by atoms with Crippen LogP contribution in [0.3, 0.4) is 0 Å². The van der Waals surface area contributed by atoms with Crippen LogP contribution in [0.25, 0.3) is 0 Å². The predicted molar refractivity (Wildman–Crippen MR) is 129 cm³/mol. The number of nitrogens with zero attached hydrogens (tertiary/aromatic N) is 3. The summed E-state index contributed by atoms with van der Waals surface area (Å²) in [6.45, 7) is 2.55. The van der Waals surface area contributed by atoms with Crippen molar-refractivity contribution in [2.75, 3.05) is 17.3 Å². The number of aryl methyl sites for hydroxylation is 1. The zero-order valence-corrected chi connectivity index (χ0v) is 19.4. The molecule has 1 atom stereocenters. The molecule has 172 valence electrons. The van der Waals surface area contributed by atoms with Gasteiger partial charge in [0.15, 0.2) is 6.61 Å². The van der Waals surface area contributed by atoms with Gasteiger partial charge in [-0.25, -0.2) is 0 Å². The Bertz CT molecular complexity index is 1280. The Labute approximate surface area is 201 Å². The topological polar surface area (TPSA) is 77.7 Å². The molecule has 0 saturated heterocycles. The molecule has 0 fully saturated rings. The number of aromatic nitrogens is 2. The van der Waals surface area contributed by atoms with Crippen molar-refractivity contribution in [3.8, 4) is 11.5 Å². The molecule has 1 amide bonds. The van der Waals surface area contributed by atoms with E-state index in [0.29, 0.717) is 23.5 Å². The molecular weight excluding hydrogens is 450 g/mol. The standard InChI is InChI=1S/C26H23N3O4S/c1-18-8-7-11-20(14-18)31-16-24-27-28-26(33-24)34-17-25(30)29-21-12-5-6-13-23(21)32-15-22(29)19-9-3-2-4-10-19/h2-14,22H,15-17H2,1H3. The molecule has 0 radical (unpaired) electrons. The lowest BCUT2D eigenvalue weighted by molar-refractivity contribution is -0.117. The number of carbonyl (C=O) groups is 1. The first-order valence-corrected chi connectivity index (χ1v) is 11.9. The molecule has 0 bridgehead atoms. The molecule has 0 N–H and O–H groups in total. The van der Waals surface area contributed by atoms with Crippen LogP contribution in [0.1, 0.15) is 23.1 Å². The van der Waals surface area contributed by atoms with E-state index in [9.17, 15) is 4.79 Å². The van der Waals surface area contributed by atoms with Crippen molar-refractivity contribution in [1.82, 2.24) is 10.2 Å². The summed E-state index contributed by atoms with van der Waals surface area (Å²) in [4.78, 5) is 15.2. The van der Waals surface area contributed by atoms with Crippen molar-refractivity contribution < 1.29 is 18.7 Å². The first-order valence-electron chi connectivity index (χ1n) is 10.9. The maximum Gasteiger partial charge on any atom is 0.277 e. The van der Waals surface area contributed by atoms with E-state index in [4.69, 9.17) is 13.9 Å². The third-order valence-electron chi connectivity index (χ3n) is 5.41. The average Bonchev–Trinajstić information content (AvgIpc) is 3.34. The third kappa shape index (κ3) is 4.92. The molecule has 0 saturated carbocycles. The molecule has 0 spiro atoms. The molecule has 0 aliphatic carbocycles. The van der Waals surface area contributed by atoms with Crippen LogP contribution in [0.15, 0.2) is 88.5 Å². The smallest absolute Gasteiger partial charge is 0.277 e. The summed E-state index contributed by atoms with van der Waals surface area (Å²) in [6.07, 6.45) is 0. The van der Waals surface area contributed by atoms with Crippen LogP contribution in [-0.2, 0) is 11.4 Å². The molecule has 2 heterocycles. The molecule has 34 heavy (non-hydrogen) atoms. The first-order chi connectivity index (χ1) is 16.7. The minimum atomic E-state index is -0.217. The Morgan fingerprint density at radius 1 is 1.06 bits per heavy atom. The number of benzene rings is 3. The SMILES string of the molecule is Cc1cccc(OCc2nnc(SCC(=O)N3c4ccccc4OCC3c3ccccc3)o2)c1. The van der Waals surface area contributed by atoms with Crippen LogP contribution in [0.4, 0.5) is 5.69 Å². The summed E-state index contributed by atoms with van der Waals surface area (Å²) in [5.74, 6) is 1.88. The van der Waals surface area contributed by atoms with Gasteiger partial charge in [0.2, 0.25) is 5.91 Å². The number of para-hydroxylation sites is 2. The molecule has 1 aliphatic rings. The number of hydrogen-bond acceptors (Lipinski definition) is 7. The van der Waals surface area contributed by atoms with Crippen LogP contribution in [0, 0.1) is 6.92 Å². The summed E-state index contributed by atoms with van der Waals surface area (Å²) in [7, 11) is 0. The Morgan fingerprint density at radius 3 is 2.74 bits per heavy atom. The predicted octanol–water partition coefficient (Wildman–Crippen LogP) is 5.22. The number of rotatable bonds is 7. The highest BCUT2D eigenvalue weighted by Gasteiger charge is 2.33. The van der Waals surface area contributed by atoms with Gasteiger partial charge in [-0.15, -0.1) is 10.2 Å². The largest absolute Gasteiger partial charge is 0.489 e. The minimum Gasteiger partial charge on any atom is -0.489 e. The maximum atomic E-state index is 13.4. The second-order valence-electron chi connectivity index (χ2n) is 7.82. The first kappa shape index (κ1) is 22.0. The van der Waals surface area contributed by atoms with Gasteiger partial charge in [0, 0.05) is 0 Å². The number of fused-ring (bicyclic) bond motifs is 1. The fourth-order valence-corrected chi connectivity index (χ4v) is 4.46. The Balaban J connectivity index is 1.26. The summed E-state index contributed by atoms with van der Waals surface area (Å²) >= 11 is 1.21. The van der Waals surface area contributed by atoms with Crippen molar-refractivity contribution >= 4 is 23.4 Å². The fourth-order valence-electron chi connectivity index (χ4n) is 3.82. The van der Waals surface area contributed by atoms with Crippen molar-refractivity contribution in [2.24, 2.45) is 0 Å². The van der Waals surface area contributed by atoms with Gasteiger partial charge >= 0.3 is 0 Å². The third-order valence-corrected chi connectivity index (χ3v) is 6.21. The number of hydrogen-bond donors (Lipinski definition) is 0. The van der Waals surface area contributed by atoms with Crippen LogP contribution in [0.2, 0.25) is 0 Å². The molecule has 3 aromatic carbocycles. The van der Waals surface area contributed by atoms with E-state index < -0.39 is 0 Å². The summed E-state index contributed by atoms with van der Waals surface area (Å²) < 4.78 is 17.3. The van der Waals surface area contributed by atoms with E-state index >= 15 is 0 Å². The number of thioether (sulfide) groups is 1. The monoisotopic (exact) mass is 473 g/mol. The highest BCUT2D eigenvalue weighted by molar-refractivity contribution is 7.99. The van der Waals surface area contributed by atoms with Crippen LogP contribution in [0.5, 0.6) is 11.5 Å². The van der Waals surface area contributed by atoms with E-state index in [1.54, 1.807) is 4.90 Å². The quantitative estimate of drug-likeness (QED) is 0.341. The Kier molecular flexibility index (Phi) is 6.49. The zero-order chi connectivity index (χ0) is 23.3. The van der Waals surface area contributed by atoms with E-state index in [0.717, 1.165) is 22.6 Å². The second kappa shape index (κ2) is 10.0. The van der Waals surface area contributed by atoms with Gasteiger partial charge in [0.25, 0.3) is 11.1 Å². The van der Waals surface area contributed by atoms with Crippen LogP contribution >= 0.6 is 11.8 Å². The number of amides is 1. The van der Waals surface area contributed by atoms with Crippen molar-refractivity contribution in [2.45, 2.75) is 24.8 Å². The average molecular weight is 474 g/mol. The lowest BCUT2D eigenvalue weighted by atomic mass is 10.0. The highest BCUT2D eigenvalue weighted by atomic mass is 32.2. The zero-order valence-electron chi connectivity index (χ0n) is 18.6. The molecular formula is C26H23N3O4S.